The van der Waals surface area contributed by atoms with Crippen molar-refractivity contribution in [3.05, 3.63) is 31.1 Å². The second-order valence-electron chi connectivity index (χ2n) is 5.41. The minimum absolute atomic E-state index is 0.340. The molecule has 1 aliphatic rings. The summed E-state index contributed by atoms with van der Waals surface area (Å²) in [6.07, 6.45) is 8.11. The summed E-state index contributed by atoms with van der Waals surface area (Å²) in [5.74, 6) is 0.837. The van der Waals surface area contributed by atoms with E-state index in [1.807, 2.05) is 10.7 Å². The van der Waals surface area contributed by atoms with Crippen molar-refractivity contribution in [3.63, 3.8) is 0 Å². The van der Waals surface area contributed by atoms with Gasteiger partial charge in [-0.15, -0.1) is 0 Å². The second-order valence-corrected chi connectivity index (χ2v) is 5.41. The van der Waals surface area contributed by atoms with Gasteiger partial charge in [0.1, 0.15) is 12.7 Å². The van der Waals surface area contributed by atoms with Crippen LogP contribution in [0.4, 0.5) is 5.95 Å². The predicted octanol–water partition coefficient (Wildman–Crippen LogP) is 0.841. The Balaban J connectivity index is 1.56. The van der Waals surface area contributed by atoms with E-state index in [-0.39, 0.29) is 0 Å². The standard InChI is InChI=1S/C14H21N7/c1-13(21-12-15-11-18-21)10-19-6-3-7-20(9-8-19)14-16-4-2-5-17-14/h2,4-5,11-13H,3,6-10H2,1H3/t13-/m1/s1. The Bertz CT molecular complexity index is 528. The predicted molar refractivity (Wildman–Crippen MR) is 80.0 cm³/mol. The fourth-order valence-electron chi connectivity index (χ4n) is 2.71. The highest BCUT2D eigenvalue weighted by molar-refractivity contribution is 5.28. The summed E-state index contributed by atoms with van der Waals surface area (Å²) < 4.78 is 1.92. The first-order valence-corrected chi connectivity index (χ1v) is 7.41. The summed E-state index contributed by atoms with van der Waals surface area (Å²) in [6, 6.07) is 2.19. The van der Waals surface area contributed by atoms with Crippen molar-refractivity contribution in [2.75, 3.05) is 37.6 Å². The van der Waals surface area contributed by atoms with Crippen LogP contribution < -0.4 is 4.90 Å². The third-order valence-electron chi connectivity index (χ3n) is 3.83. The zero-order valence-corrected chi connectivity index (χ0v) is 12.3. The number of hydrogen-bond donors (Lipinski definition) is 0. The van der Waals surface area contributed by atoms with Gasteiger partial charge in [-0.2, -0.15) is 5.10 Å². The lowest BCUT2D eigenvalue weighted by Crippen LogP contribution is -2.34. The zero-order chi connectivity index (χ0) is 14.5. The van der Waals surface area contributed by atoms with Crippen LogP contribution in [0.1, 0.15) is 19.4 Å². The first kappa shape index (κ1) is 13.9. The number of hydrogen-bond acceptors (Lipinski definition) is 6. The highest BCUT2D eigenvalue weighted by Gasteiger charge is 2.18. The van der Waals surface area contributed by atoms with E-state index in [0.29, 0.717) is 6.04 Å². The van der Waals surface area contributed by atoms with E-state index in [1.54, 1.807) is 25.0 Å². The van der Waals surface area contributed by atoms with Crippen molar-refractivity contribution < 1.29 is 0 Å². The highest BCUT2D eigenvalue weighted by atomic mass is 15.3. The average molecular weight is 287 g/mol. The maximum Gasteiger partial charge on any atom is 0.225 e. The second kappa shape index (κ2) is 6.62. The van der Waals surface area contributed by atoms with Crippen LogP contribution in [-0.4, -0.2) is 62.4 Å². The van der Waals surface area contributed by atoms with Gasteiger partial charge in [-0.05, 0) is 26.0 Å². The van der Waals surface area contributed by atoms with Gasteiger partial charge in [0.15, 0.2) is 0 Å². The lowest BCUT2D eigenvalue weighted by molar-refractivity contribution is 0.245. The zero-order valence-electron chi connectivity index (χ0n) is 12.3. The molecule has 3 heterocycles. The number of anilines is 1. The third-order valence-corrected chi connectivity index (χ3v) is 3.83. The van der Waals surface area contributed by atoms with E-state index < -0.39 is 0 Å². The topological polar surface area (TPSA) is 63.0 Å². The molecule has 0 radical (unpaired) electrons. The van der Waals surface area contributed by atoms with E-state index in [9.17, 15) is 0 Å². The Morgan fingerprint density at radius 1 is 1.14 bits per heavy atom. The normalized spacial score (nSPS) is 18.4. The number of nitrogens with zero attached hydrogens (tertiary/aromatic N) is 7. The van der Waals surface area contributed by atoms with Crippen molar-refractivity contribution >= 4 is 5.95 Å². The Kier molecular flexibility index (Phi) is 4.40. The lowest BCUT2D eigenvalue weighted by atomic mass is 10.3. The fourth-order valence-corrected chi connectivity index (χ4v) is 2.71. The van der Waals surface area contributed by atoms with Gasteiger partial charge in [0, 0.05) is 38.6 Å². The average Bonchev–Trinajstić information content (AvgIpc) is 2.96. The fraction of sp³-hybridized carbons (Fsp3) is 0.571. The van der Waals surface area contributed by atoms with Gasteiger partial charge in [-0.1, -0.05) is 0 Å². The molecule has 7 nitrogen and oxygen atoms in total. The van der Waals surface area contributed by atoms with Gasteiger partial charge in [0.25, 0.3) is 0 Å². The molecule has 0 aliphatic carbocycles. The van der Waals surface area contributed by atoms with Crippen molar-refractivity contribution in [2.24, 2.45) is 0 Å². The summed E-state index contributed by atoms with van der Waals surface area (Å²) in [6.45, 7) is 7.27. The van der Waals surface area contributed by atoms with Crippen LogP contribution in [0, 0.1) is 0 Å². The summed E-state index contributed by atoms with van der Waals surface area (Å²) in [5, 5.41) is 4.22. The summed E-state index contributed by atoms with van der Waals surface area (Å²) in [5.41, 5.74) is 0. The van der Waals surface area contributed by atoms with E-state index in [2.05, 4.69) is 36.8 Å². The van der Waals surface area contributed by atoms with Crippen molar-refractivity contribution in [1.29, 1.82) is 0 Å². The van der Waals surface area contributed by atoms with Crippen LogP contribution in [0.2, 0.25) is 0 Å². The lowest BCUT2D eigenvalue weighted by Gasteiger charge is -2.24. The van der Waals surface area contributed by atoms with Gasteiger partial charge in [-0.25, -0.2) is 19.6 Å². The van der Waals surface area contributed by atoms with Gasteiger partial charge in [0.2, 0.25) is 5.95 Å². The van der Waals surface area contributed by atoms with E-state index in [4.69, 9.17) is 0 Å². The van der Waals surface area contributed by atoms with Crippen LogP contribution >= 0.6 is 0 Å². The molecule has 0 bridgehead atoms. The highest BCUT2D eigenvalue weighted by Crippen LogP contribution is 2.12. The van der Waals surface area contributed by atoms with Gasteiger partial charge in [-0.3, -0.25) is 4.90 Å². The molecule has 2 aromatic heterocycles. The monoisotopic (exact) mass is 287 g/mol. The maximum absolute atomic E-state index is 4.34. The summed E-state index contributed by atoms with van der Waals surface area (Å²) >= 11 is 0. The van der Waals surface area contributed by atoms with Crippen molar-refractivity contribution in [3.8, 4) is 0 Å². The van der Waals surface area contributed by atoms with Crippen LogP contribution in [0.5, 0.6) is 0 Å². The van der Waals surface area contributed by atoms with Gasteiger partial charge in [0.05, 0.1) is 6.04 Å². The quantitative estimate of drug-likeness (QED) is 0.830. The first-order chi connectivity index (χ1) is 10.3. The van der Waals surface area contributed by atoms with Crippen LogP contribution in [0.15, 0.2) is 31.1 Å². The molecule has 112 valence electrons. The molecule has 21 heavy (non-hydrogen) atoms. The molecule has 0 aromatic carbocycles. The molecule has 7 heteroatoms. The first-order valence-electron chi connectivity index (χ1n) is 7.41. The van der Waals surface area contributed by atoms with Crippen molar-refractivity contribution in [1.82, 2.24) is 29.6 Å². The van der Waals surface area contributed by atoms with E-state index in [1.165, 1.54) is 0 Å². The molecule has 0 unspecified atom stereocenters. The van der Waals surface area contributed by atoms with E-state index >= 15 is 0 Å². The third kappa shape index (κ3) is 3.55. The minimum atomic E-state index is 0.340. The van der Waals surface area contributed by atoms with Crippen molar-refractivity contribution in [2.45, 2.75) is 19.4 Å². The molecule has 0 spiro atoms. The number of rotatable bonds is 4. The molecule has 1 aliphatic heterocycles. The van der Waals surface area contributed by atoms with Gasteiger partial charge >= 0.3 is 0 Å². The smallest absolute Gasteiger partial charge is 0.225 e. The molecule has 1 atom stereocenters. The number of aromatic nitrogens is 5. The molecule has 3 rings (SSSR count). The van der Waals surface area contributed by atoms with Crippen LogP contribution in [0.25, 0.3) is 0 Å². The molecule has 0 saturated carbocycles. The Labute approximate surface area is 124 Å². The molecule has 1 fully saturated rings. The van der Waals surface area contributed by atoms with Crippen LogP contribution in [-0.2, 0) is 0 Å². The van der Waals surface area contributed by atoms with Crippen LogP contribution in [0.3, 0.4) is 0 Å². The Morgan fingerprint density at radius 3 is 2.76 bits per heavy atom. The molecule has 0 N–H and O–H groups in total. The Hall–Kier alpha value is -2.02. The minimum Gasteiger partial charge on any atom is -0.339 e. The Morgan fingerprint density at radius 2 is 2.00 bits per heavy atom. The summed E-state index contributed by atoms with van der Waals surface area (Å²) in [7, 11) is 0. The largest absolute Gasteiger partial charge is 0.339 e. The molecule has 0 amide bonds. The van der Waals surface area contributed by atoms with E-state index in [0.717, 1.165) is 45.1 Å². The molecule has 2 aromatic rings. The van der Waals surface area contributed by atoms with Gasteiger partial charge < -0.3 is 4.90 Å². The molecular weight excluding hydrogens is 266 g/mol. The molecular formula is C14H21N7. The summed E-state index contributed by atoms with van der Waals surface area (Å²) in [4.78, 5) is 17.4. The SMILES string of the molecule is C[C@H](CN1CCCN(c2ncccn2)CC1)n1cncn1. The molecule has 1 saturated heterocycles. The maximum atomic E-state index is 4.34.